The number of rotatable bonds is 2. The Morgan fingerprint density at radius 3 is 2.94 bits per heavy atom. The summed E-state index contributed by atoms with van der Waals surface area (Å²) >= 11 is 0. The summed E-state index contributed by atoms with van der Waals surface area (Å²) in [6.45, 7) is 7.55. The molecule has 5 heteroatoms. The molecule has 2 aliphatic heterocycles. The van der Waals surface area contributed by atoms with E-state index in [-0.39, 0.29) is 0 Å². The van der Waals surface area contributed by atoms with Crippen molar-refractivity contribution in [3.05, 3.63) is 11.9 Å². The number of nitrogens with zero attached hydrogens (tertiary/aromatic N) is 3. The van der Waals surface area contributed by atoms with Crippen molar-refractivity contribution in [3.63, 3.8) is 0 Å². The molecular formula is C13H20N4O. The number of fused-ring (bicyclic) bond motifs is 1. The Kier molecular flexibility index (Phi) is 2.86. The molecule has 1 aromatic rings. The minimum Gasteiger partial charge on any atom is -0.481 e. The molecule has 0 radical (unpaired) electrons. The molecule has 0 bridgehead atoms. The van der Waals surface area contributed by atoms with Crippen LogP contribution in [0.15, 0.2) is 6.07 Å². The second-order valence-electron chi connectivity index (χ2n) is 5.29. The van der Waals surface area contributed by atoms with Crippen molar-refractivity contribution in [1.82, 2.24) is 15.3 Å². The van der Waals surface area contributed by atoms with E-state index in [1.165, 1.54) is 0 Å². The van der Waals surface area contributed by atoms with Crippen LogP contribution < -0.4 is 15.0 Å². The van der Waals surface area contributed by atoms with Gasteiger partial charge in [-0.1, -0.05) is 0 Å². The first kappa shape index (κ1) is 11.7. The smallest absolute Gasteiger partial charge is 0.218 e. The van der Waals surface area contributed by atoms with Gasteiger partial charge in [0.1, 0.15) is 11.6 Å². The fraction of sp³-hybridized carbons (Fsp3) is 0.692. The summed E-state index contributed by atoms with van der Waals surface area (Å²) in [5.74, 6) is 3.92. The van der Waals surface area contributed by atoms with Gasteiger partial charge in [-0.15, -0.1) is 0 Å². The first-order valence-electron chi connectivity index (χ1n) is 6.56. The molecule has 98 valence electrons. The van der Waals surface area contributed by atoms with Crippen LogP contribution >= 0.6 is 0 Å². The molecule has 3 unspecified atom stereocenters. The summed E-state index contributed by atoms with van der Waals surface area (Å²) in [7, 11) is 1.65. The third-order valence-electron chi connectivity index (χ3n) is 4.24. The summed E-state index contributed by atoms with van der Waals surface area (Å²) in [5, 5.41) is 3.48. The van der Waals surface area contributed by atoms with E-state index in [4.69, 9.17) is 4.74 Å². The average Bonchev–Trinajstić information content (AvgIpc) is 2.92. The minimum absolute atomic E-state index is 0.531. The highest BCUT2D eigenvalue weighted by molar-refractivity contribution is 5.45. The van der Waals surface area contributed by atoms with Gasteiger partial charge in [-0.05, 0) is 25.7 Å². The number of aromatic nitrogens is 2. The number of methoxy groups -OCH3 is 1. The molecule has 5 nitrogen and oxygen atoms in total. The molecule has 18 heavy (non-hydrogen) atoms. The van der Waals surface area contributed by atoms with Crippen molar-refractivity contribution in [3.8, 4) is 5.88 Å². The van der Waals surface area contributed by atoms with Crippen LogP contribution in [0, 0.1) is 18.8 Å². The summed E-state index contributed by atoms with van der Waals surface area (Å²) in [4.78, 5) is 11.2. The predicted octanol–water partition coefficient (Wildman–Crippen LogP) is 0.838. The minimum atomic E-state index is 0.531. The maximum atomic E-state index is 5.23. The van der Waals surface area contributed by atoms with Crippen molar-refractivity contribution >= 4 is 5.82 Å². The zero-order chi connectivity index (χ0) is 12.7. The summed E-state index contributed by atoms with van der Waals surface area (Å²) < 4.78 is 5.23. The van der Waals surface area contributed by atoms with Crippen molar-refractivity contribution in [1.29, 1.82) is 0 Å². The van der Waals surface area contributed by atoms with E-state index in [1.807, 2.05) is 13.0 Å². The first-order chi connectivity index (χ1) is 8.69. The molecule has 2 saturated heterocycles. The lowest BCUT2D eigenvalue weighted by atomic mass is 9.95. The van der Waals surface area contributed by atoms with Gasteiger partial charge in [-0.25, -0.2) is 4.98 Å². The van der Waals surface area contributed by atoms with Crippen LogP contribution in [-0.4, -0.2) is 42.8 Å². The highest BCUT2D eigenvalue weighted by Crippen LogP contribution is 2.35. The molecule has 3 rings (SSSR count). The van der Waals surface area contributed by atoms with Crippen molar-refractivity contribution in [2.24, 2.45) is 11.8 Å². The number of anilines is 1. The van der Waals surface area contributed by atoms with Gasteiger partial charge in [-0.3, -0.25) is 0 Å². The van der Waals surface area contributed by atoms with Crippen LogP contribution in [0.2, 0.25) is 0 Å². The largest absolute Gasteiger partial charge is 0.481 e. The monoisotopic (exact) mass is 248 g/mol. The van der Waals surface area contributed by atoms with E-state index in [9.17, 15) is 0 Å². The van der Waals surface area contributed by atoms with E-state index in [0.717, 1.165) is 43.1 Å². The van der Waals surface area contributed by atoms with Crippen molar-refractivity contribution < 1.29 is 4.74 Å². The van der Waals surface area contributed by atoms with Gasteiger partial charge in [0.2, 0.25) is 5.88 Å². The maximum Gasteiger partial charge on any atom is 0.218 e. The van der Waals surface area contributed by atoms with E-state index < -0.39 is 0 Å². The number of hydrogen-bond acceptors (Lipinski definition) is 5. The van der Waals surface area contributed by atoms with E-state index in [1.54, 1.807) is 7.11 Å². The number of ether oxygens (including phenoxy) is 1. The molecule has 0 saturated carbocycles. The van der Waals surface area contributed by atoms with Gasteiger partial charge in [0.05, 0.1) is 7.11 Å². The molecule has 2 aliphatic rings. The Morgan fingerprint density at radius 1 is 1.39 bits per heavy atom. The van der Waals surface area contributed by atoms with Crippen LogP contribution in [0.5, 0.6) is 5.88 Å². The molecule has 1 aromatic heterocycles. The molecular weight excluding hydrogens is 228 g/mol. The average molecular weight is 248 g/mol. The van der Waals surface area contributed by atoms with Crippen LogP contribution in [0.4, 0.5) is 5.82 Å². The maximum absolute atomic E-state index is 5.23. The third-order valence-corrected chi connectivity index (χ3v) is 4.24. The lowest BCUT2D eigenvalue weighted by molar-refractivity contribution is 0.395. The molecule has 0 amide bonds. The van der Waals surface area contributed by atoms with Gasteiger partial charge in [0.15, 0.2) is 0 Å². The number of aryl methyl sites for hydroxylation is 1. The molecule has 3 heterocycles. The van der Waals surface area contributed by atoms with E-state index >= 15 is 0 Å². The normalized spacial score (nSPS) is 30.6. The fourth-order valence-electron chi connectivity index (χ4n) is 3.25. The molecule has 0 aliphatic carbocycles. The molecule has 0 aromatic carbocycles. The summed E-state index contributed by atoms with van der Waals surface area (Å²) in [6.07, 6.45) is 0. The number of hydrogen-bond donors (Lipinski definition) is 1. The Balaban J connectivity index is 1.89. The highest BCUT2D eigenvalue weighted by Gasteiger charge is 2.42. The number of nitrogens with one attached hydrogen (secondary N) is 1. The standard InChI is InChI=1S/C13H20N4O/c1-8-11-6-14-5-10(11)7-17(8)12-4-13(18-3)16-9(2)15-12/h4,8,10-11,14H,5-7H2,1-3H3. The van der Waals surface area contributed by atoms with Crippen molar-refractivity contribution in [2.75, 3.05) is 31.6 Å². The van der Waals surface area contributed by atoms with Gasteiger partial charge in [-0.2, -0.15) is 4.98 Å². The van der Waals surface area contributed by atoms with Gasteiger partial charge in [0.25, 0.3) is 0 Å². The van der Waals surface area contributed by atoms with Gasteiger partial charge < -0.3 is 15.0 Å². The SMILES string of the molecule is COc1cc(N2CC3CNCC3C2C)nc(C)n1. The topological polar surface area (TPSA) is 50.3 Å². The summed E-state index contributed by atoms with van der Waals surface area (Å²) in [5.41, 5.74) is 0. The summed E-state index contributed by atoms with van der Waals surface area (Å²) in [6, 6.07) is 2.47. The molecule has 2 fully saturated rings. The van der Waals surface area contributed by atoms with Crippen molar-refractivity contribution in [2.45, 2.75) is 19.9 Å². The first-order valence-corrected chi connectivity index (χ1v) is 6.56. The molecule has 3 atom stereocenters. The second kappa shape index (κ2) is 4.39. The highest BCUT2D eigenvalue weighted by atomic mass is 16.5. The lowest BCUT2D eigenvalue weighted by Crippen LogP contribution is -2.33. The Bertz CT molecular complexity index is 451. The van der Waals surface area contributed by atoms with Crippen LogP contribution in [0.25, 0.3) is 0 Å². The fourth-order valence-corrected chi connectivity index (χ4v) is 3.25. The van der Waals surface area contributed by atoms with E-state index in [2.05, 4.69) is 27.1 Å². The zero-order valence-electron chi connectivity index (χ0n) is 11.2. The van der Waals surface area contributed by atoms with E-state index in [0.29, 0.717) is 11.9 Å². The molecule has 0 spiro atoms. The zero-order valence-corrected chi connectivity index (χ0v) is 11.2. The molecule has 1 N–H and O–H groups in total. The van der Waals surface area contributed by atoms with Gasteiger partial charge in [0, 0.05) is 31.7 Å². The Hall–Kier alpha value is -1.36. The van der Waals surface area contributed by atoms with Gasteiger partial charge >= 0.3 is 0 Å². The quantitative estimate of drug-likeness (QED) is 0.840. The Morgan fingerprint density at radius 2 is 2.22 bits per heavy atom. The van der Waals surface area contributed by atoms with Crippen LogP contribution in [0.1, 0.15) is 12.7 Å². The van der Waals surface area contributed by atoms with Crippen LogP contribution in [0.3, 0.4) is 0 Å². The Labute approximate surface area is 108 Å². The second-order valence-corrected chi connectivity index (χ2v) is 5.29. The third kappa shape index (κ3) is 1.82. The van der Waals surface area contributed by atoms with Crippen LogP contribution in [-0.2, 0) is 0 Å². The predicted molar refractivity (Wildman–Crippen MR) is 70.0 cm³/mol. The lowest BCUT2D eigenvalue weighted by Gasteiger charge is -2.25.